The molecule has 0 amide bonds. The molecule has 2 aromatic rings. The van der Waals surface area contributed by atoms with Gasteiger partial charge in [0.2, 0.25) is 0 Å². The van der Waals surface area contributed by atoms with Gasteiger partial charge in [0.1, 0.15) is 12.4 Å². The Morgan fingerprint density at radius 3 is 2.40 bits per heavy atom. The van der Waals surface area contributed by atoms with Crippen LogP contribution in [0.2, 0.25) is 0 Å². The number of para-hydroxylation sites is 1. The van der Waals surface area contributed by atoms with Crippen molar-refractivity contribution in [3.05, 3.63) is 59.2 Å². The van der Waals surface area contributed by atoms with Crippen molar-refractivity contribution >= 4 is 5.69 Å². The minimum absolute atomic E-state index is 0.0772. The lowest BCUT2D eigenvalue weighted by atomic mass is 10.1. The van der Waals surface area contributed by atoms with Gasteiger partial charge in [-0.25, -0.2) is 0 Å². The van der Waals surface area contributed by atoms with E-state index < -0.39 is 11.7 Å². The predicted octanol–water partition coefficient (Wildman–Crippen LogP) is 4.18. The Morgan fingerprint density at radius 2 is 1.80 bits per heavy atom. The van der Waals surface area contributed by atoms with Crippen molar-refractivity contribution in [2.24, 2.45) is 0 Å². The molecule has 0 spiro atoms. The van der Waals surface area contributed by atoms with Crippen LogP contribution < -0.4 is 10.5 Å². The molecule has 0 aromatic heterocycles. The third kappa shape index (κ3) is 3.23. The first kappa shape index (κ1) is 14.2. The highest BCUT2D eigenvalue weighted by molar-refractivity contribution is 5.49. The molecule has 20 heavy (non-hydrogen) atoms. The predicted molar refractivity (Wildman–Crippen MR) is 71.4 cm³/mol. The van der Waals surface area contributed by atoms with Crippen LogP contribution >= 0.6 is 0 Å². The van der Waals surface area contributed by atoms with Crippen LogP contribution in [0.3, 0.4) is 0 Å². The molecule has 5 heteroatoms. The number of rotatable bonds is 3. The highest BCUT2D eigenvalue weighted by Gasteiger charge is 2.30. The van der Waals surface area contributed by atoms with E-state index in [0.717, 1.165) is 17.7 Å². The van der Waals surface area contributed by atoms with Crippen molar-refractivity contribution < 1.29 is 17.9 Å². The van der Waals surface area contributed by atoms with Crippen LogP contribution in [0, 0.1) is 6.92 Å². The number of halogens is 3. The summed E-state index contributed by atoms with van der Waals surface area (Å²) in [5, 5.41) is 0. The lowest BCUT2D eigenvalue weighted by Crippen LogP contribution is -2.08. The maximum atomic E-state index is 12.5. The molecule has 0 saturated heterocycles. The molecule has 2 N–H and O–H groups in total. The Labute approximate surface area is 115 Å². The van der Waals surface area contributed by atoms with E-state index in [1.165, 1.54) is 6.07 Å². The van der Waals surface area contributed by atoms with Gasteiger partial charge in [-0.2, -0.15) is 13.2 Å². The third-order valence-electron chi connectivity index (χ3n) is 2.95. The van der Waals surface area contributed by atoms with Crippen molar-refractivity contribution in [2.75, 3.05) is 5.73 Å². The van der Waals surface area contributed by atoms with Crippen LogP contribution in [0.15, 0.2) is 42.5 Å². The Morgan fingerprint density at radius 1 is 1.10 bits per heavy atom. The standard InChI is InChI=1S/C15H14F3NO/c1-10-4-2-3-5-14(10)20-9-11-6-7-12(8-13(11)19)15(16,17)18/h2-8H,9,19H2,1H3. The maximum Gasteiger partial charge on any atom is 0.416 e. The molecular weight excluding hydrogens is 267 g/mol. The molecular formula is C15H14F3NO. The number of aryl methyl sites for hydroxylation is 1. The summed E-state index contributed by atoms with van der Waals surface area (Å²) < 4.78 is 43.1. The Balaban J connectivity index is 2.13. The van der Waals surface area contributed by atoms with Crippen LogP contribution in [-0.4, -0.2) is 0 Å². The molecule has 0 aliphatic carbocycles. The second kappa shape index (κ2) is 5.45. The Bertz CT molecular complexity index is 608. The number of hydrogen-bond acceptors (Lipinski definition) is 2. The molecule has 0 unspecified atom stereocenters. The monoisotopic (exact) mass is 281 g/mol. The van der Waals surface area contributed by atoms with Gasteiger partial charge in [0.25, 0.3) is 0 Å². The van der Waals surface area contributed by atoms with Gasteiger partial charge in [-0.15, -0.1) is 0 Å². The SMILES string of the molecule is Cc1ccccc1OCc1ccc(C(F)(F)F)cc1N. The van der Waals surface area contributed by atoms with E-state index in [2.05, 4.69) is 0 Å². The van der Waals surface area contributed by atoms with E-state index in [4.69, 9.17) is 10.5 Å². The summed E-state index contributed by atoms with van der Waals surface area (Å²) >= 11 is 0. The first-order valence-electron chi connectivity index (χ1n) is 6.02. The minimum Gasteiger partial charge on any atom is -0.489 e. The van der Waals surface area contributed by atoms with E-state index in [9.17, 15) is 13.2 Å². The molecule has 0 radical (unpaired) electrons. The molecule has 0 aliphatic heterocycles. The number of benzene rings is 2. The lowest BCUT2D eigenvalue weighted by molar-refractivity contribution is -0.137. The quantitative estimate of drug-likeness (QED) is 0.857. The third-order valence-corrected chi connectivity index (χ3v) is 2.95. The molecule has 2 rings (SSSR count). The summed E-state index contributed by atoms with van der Waals surface area (Å²) in [5.74, 6) is 0.687. The number of alkyl halides is 3. The highest BCUT2D eigenvalue weighted by atomic mass is 19.4. The fraction of sp³-hybridized carbons (Fsp3) is 0.200. The van der Waals surface area contributed by atoms with Gasteiger partial charge < -0.3 is 10.5 Å². The smallest absolute Gasteiger partial charge is 0.416 e. The van der Waals surface area contributed by atoms with Gasteiger partial charge in [0.05, 0.1) is 5.56 Å². The van der Waals surface area contributed by atoms with Gasteiger partial charge in [-0.3, -0.25) is 0 Å². The first-order chi connectivity index (χ1) is 9.38. The van der Waals surface area contributed by atoms with Gasteiger partial charge in [-0.1, -0.05) is 24.3 Å². The fourth-order valence-corrected chi connectivity index (χ4v) is 1.78. The van der Waals surface area contributed by atoms with E-state index in [1.54, 1.807) is 6.07 Å². The topological polar surface area (TPSA) is 35.2 Å². The van der Waals surface area contributed by atoms with Crippen LogP contribution in [0.4, 0.5) is 18.9 Å². The average molecular weight is 281 g/mol. The number of anilines is 1. The number of nitrogens with two attached hydrogens (primary N) is 1. The van der Waals surface area contributed by atoms with Crippen LogP contribution in [0.5, 0.6) is 5.75 Å². The van der Waals surface area contributed by atoms with Crippen LogP contribution in [0.1, 0.15) is 16.7 Å². The van der Waals surface area contributed by atoms with E-state index in [0.29, 0.717) is 11.3 Å². The van der Waals surface area contributed by atoms with E-state index in [-0.39, 0.29) is 12.3 Å². The molecule has 0 atom stereocenters. The maximum absolute atomic E-state index is 12.5. The zero-order valence-electron chi connectivity index (χ0n) is 10.9. The largest absolute Gasteiger partial charge is 0.489 e. The number of ether oxygens (including phenoxy) is 1. The summed E-state index contributed by atoms with van der Waals surface area (Å²) in [6.07, 6.45) is -4.39. The van der Waals surface area contributed by atoms with Crippen molar-refractivity contribution in [1.29, 1.82) is 0 Å². The molecule has 0 bridgehead atoms. The minimum atomic E-state index is -4.39. The highest BCUT2D eigenvalue weighted by Crippen LogP contribution is 2.31. The van der Waals surface area contributed by atoms with Gasteiger partial charge in [-0.05, 0) is 30.7 Å². The molecule has 106 valence electrons. The summed E-state index contributed by atoms with van der Waals surface area (Å²) in [4.78, 5) is 0. The van der Waals surface area contributed by atoms with E-state index in [1.807, 2.05) is 25.1 Å². The van der Waals surface area contributed by atoms with Crippen molar-refractivity contribution in [2.45, 2.75) is 19.7 Å². The molecule has 0 saturated carbocycles. The second-order valence-corrected chi connectivity index (χ2v) is 4.47. The zero-order chi connectivity index (χ0) is 14.8. The molecule has 0 aliphatic rings. The first-order valence-corrected chi connectivity index (χ1v) is 6.02. The second-order valence-electron chi connectivity index (χ2n) is 4.47. The summed E-state index contributed by atoms with van der Waals surface area (Å²) in [6.45, 7) is 2.03. The summed E-state index contributed by atoms with van der Waals surface area (Å²) in [5.41, 5.74) is 6.45. The zero-order valence-corrected chi connectivity index (χ0v) is 10.9. The number of nitrogen functional groups attached to an aromatic ring is 1. The van der Waals surface area contributed by atoms with Gasteiger partial charge in [0, 0.05) is 11.3 Å². The Hall–Kier alpha value is -2.17. The summed E-state index contributed by atoms with van der Waals surface area (Å²) in [7, 11) is 0. The Kier molecular flexibility index (Phi) is 3.88. The summed E-state index contributed by atoms with van der Waals surface area (Å²) in [6, 6.07) is 10.7. The van der Waals surface area contributed by atoms with Crippen LogP contribution in [0.25, 0.3) is 0 Å². The van der Waals surface area contributed by atoms with Crippen molar-refractivity contribution in [3.8, 4) is 5.75 Å². The van der Waals surface area contributed by atoms with Crippen molar-refractivity contribution in [3.63, 3.8) is 0 Å². The molecule has 0 heterocycles. The van der Waals surface area contributed by atoms with Crippen molar-refractivity contribution in [1.82, 2.24) is 0 Å². The normalized spacial score (nSPS) is 11.4. The molecule has 2 nitrogen and oxygen atoms in total. The molecule has 2 aromatic carbocycles. The lowest BCUT2D eigenvalue weighted by Gasteiger charge is -2.13. The number of hydrogen-bond donors (Lipinski definition) is 1. The molecule has 0 fully saturated rings. The van der Waals surface area contributed by atoms with Crippen LogP contribution in [-0.2, 0) is 12.8 Å². The van der Waals surface area contributed by atoms with E-state index >= 15 is 0 Å². The average Bonchev–Trinajstić information content (AvgIpc) is 2.38. The van der Waals surface area contributed by atoms with Gasteiger partial charge >= 0.3 is 6.18 Å². The fourth-order valence-electron chi connectivity index (χ4n) is 1.78. The van der Waals surface area contributed by atoms with Gasteiger partial charge in [0.15, 0.2) is 0 Å².